The van der Waals surface area contributed by atoms with E-state index in [1.807, 2.05) is 14.1 Å². The van der Waals surface area contributed by atoms with E-state index in [1.54, 1.807) is 0 Å². The first-order valence-corrected chi connectivity index (χ1v) is 7.86. The Morgan fingerprint density at radius 3 is 2.59 bits per heavy atom. The molecule has 0 bridgehead atoms. The lowest BCUT2D eigenvalue weighted by Gasteiger charge is -2.43. The average molecular weight is 335 g/mol. The molecule has 0 amide bonds. The van der Waals surface area contributed by atoms with Gasteiger partial charge in [0, 0.05) is 17.1 Å². The molecule has 0 unspecified atom stereocenters. The first-order chi connectivity index (χ1) is 10.2. The Bertz CT molecular complexity index is 509. The third-order valence-electron chi connectivity index (χ3n) is 4.63. The molecule has 1 heterocycles. The molecule has 1 N–H and O–H groups in total. The summed E-state index contributed by atoms with van der Waals surface area (Å²) in [6.07, 6.45) is -0.875. The predicted molar refractivity (Wildman–Crippen MR) is 83.3 cm³/mol. The molecule has 1 fully saturated rings. The Hall–Kier alpha value is -0.780. The number of aryl methyl sites for hydroxylation is 1. The number of hydrogen-bond acceptors (Lipinski definition) is 2. The molecule has 0 radical (unpaired) electrons. The Morgan fingerprint density at radius 1 is 1.32 bits per heavy atom. The molecule has 1 aromatic carbocycles. The highest BCUT2D eigenvalue weighted by Gasteiger charge is 2.35. The van der Waals surface area contributed by atoms with Crippen LogP contribution in [0.25, 0.3) is 0 Å². The average Bonchev–Trinajstić information content (AvgIpc) is 2.46. The Labute approximate surface area is 134 Å². The van der Waals surface area contributed by atoms with Crippen molar-refractivity contribution in [3.63, 3.8) is 0 Å². The van der Waals surface area contributed by atoms with Crippen molar-refractivity contribution < 1.29 is 13.2 Å². The summed E-state index contributed by atoms with van der Waals surface area (Å²) in [6.45, 7) is 1.86. The van der Waals surface area contributed by atoms with Crippen LogP contribution in [0.4, 0.5) is 13.2 Å². The second-order valence-electron chi connectivity index (χ2n) is 6.20. The third-order valence-corrected chi connectivity index (χ3v) is 5.00. The fourth-order valence-corrected chi connectivity index (χ4v) is 3.29. The van der Waals surface area contributed by atoms with Crippen LogP contribution < -0.4 is 5.32 Å². The molecular weight excluding hydrogens is 313 g/mol. The topological polar surface area (TPSA) is 15.3 Å². The summed E-state index contributed by atoms with van der Waals surface area (Å²) in [5.74, 6) is 0. The number of nitrogens with one attached hydrogen (secondary N) is 1. The number of benzene rings is 1. The summed E-state index contributed by atoms with van der Waals surface area (Å²) in [6, 6.07) is 3.57. The number of piperidine rings is 1. The van der Waals surface area contributed by atoms with Crippen LogP contribution in [-0.2, 0) is 12.6 Å². The monoisotopic (exact) mass is 334 g/mol. The van der Waals surface area contributed by atoms with Gasteiger partial charge in [0.05, 0.1) is 5.56 Å². The summed E-state index contributed by atoms with van der Waals surface area (Å²) < 4.78 is 38.5. The molecule has 1 atom stereocenters. The van der Waals surface area contributed by atoms with Crippen molar-refractivity contribution in [3.05, 3.63) is 34.3 Å². The lowest BCUT2D eigenvalue weighted by molar-refractivity contribution is -0.137. The maximum absolute atomic E-state index is 12.8. The van der Waals surface area contributed by atoms with Crippen LogP contribution in [0.5, 0.6) is 0 Å². The summed E-state index contributed by atoms with van der Waals surface area (Å²) in [7, 11) is 4.06. The van der Waals surface area contributed by atoms with Crippen molar-refractivity contribution in [2.45, 2.75) is 37.4 Å². The van der Waals surface area contributed by atoms with Crippen LogP contribution in [0, 0.1) is 0 Å². The maximum Gasteiger partial charge on any atom is 0.416 e. The first kappa shape index (κ1) is 17.6. The zero-order valence-corrected chi connectivity index (χ0v) is 13.7. The minimum absolute atomic E-state index is 0.0180. The van der Waals surface area contributed by atoms with Crippen LogP contribution in [0.3, 0.4) is 0 Å². The first-order valence-electron chi connectivity index (χ1n) is 7.48. The zero-order chi connectivity index (χ0) is 16.4. The van der Waals surface area contributed by atoms with E-state index < -0.39 is 11.7 Å². The minimum Gasteiger partial charge on any atom is -0.315 e. The number of nitrogens with zero attached hydrogens (tertiary/aromatic N) is 1. The molecule has 0 aliphatic carbocycles. The lowest BCUT2D eigenvalue weighted by atomic mass is 9.83. The van der Waals surface area contributed by atoms with E-state index in [0.717, 1.165) is 38.4 Å². The largest absolute Gasteiger partial charge is 0.416 e. The molecule has 124 valence electrons. The van der Waals surface area contributed by atoms with E-state index in [-0.39, 0.29) is 5.54 Å². The maximum atomic E-state index is 12.8. The van der Waals surface area contributed by atoms with Crippen LogP contribution in [0.2, 0.25) is 5.02 Å². The fourth-order valence-electron chi connectivity index (χ4n) is 3.08. The van der Waals surface area contributed by atoms with E-state index in [1.165, 1.54) is 12.1 Å². The molecule has 0 saturated carbocycles. The molecule has 1 aliphatic rings. The van der Waals surface area contributed by atoms with Crippen LogP contribution in [-0.4, -0.2) is 37.6 Å². The highest BCUT2D eigenvalue weighted by molar-refractivity contribution is 6.31. The van der Waals surface area contributed by atoms with Crippen molar-refractivity contribution in [1.82, 2.24) is 10.2 Å². The highest BCUT2D eigenvalue weighted by atomic mass is 35.5. The molecule has 2 nitrogen and oxygen atoms in total. The Kier molecular flexibility index (Phi) is 5.41. The summed E-state index contributed by atoms with van der Waals surface area (Å²) in [5.41, 5.74) is -0.0774. The number of hydrogen-bond donors (Lipinski definition) is 1. The Morgan fingerprint density at radius 2 is 2.05 bits per heavy atom. The Balaban J connectivity index is 2.16. The standard InChI is InChI=1S/C16H22ClF3N2/c1-22(2)15(7-3-9-21-11-15)8-6-12-10-13(16(18,19)20)4-5-14(12)17/h4-5,10,21H,3,6-9,11H2,1-2H3/t15-/m0/s1. The molecule has 22 heavy (non-hydrogen) atoms. The fraction of sp³-hybridized carbons (Fsp3) is 0.625. The normalized spacial score (nSPS) is 23.0. The van der Waals surface area contributed by atoms with Gasteiger partial charge in [0.25, 0.3) is 0 Å². The van der Waals surface area contributed by atoms with Gasteiger partial charge in [-0.05, 0) is 70.1 Å². The van der Waals surface area contributed by atoms with Gasteiger partial charge in [-0.2, -0.15) is 13.2 Å². The second kappa shape index (κ2) is 6.77. The van der Waals surface area contributed by atoms with Crippen LogP contribution in [0.1, 0.15) is 30.4 Å². The number of halogens is 4. The van der Waals surface area contributed by atoms with E-state index in [4.69, 9.17) is 11.6 Å². The van der Waals surface area contributed by atoms with Gasteiger partial charge < -0.3 is 10.2 Å². The molecule has 1 aromatic rings. The van der Waals surface area contributed by atoms with E-state index in [2.05, 4.69) is 10.2 Å². The predicted octanol–water partition coefficient (Wildman–Crippen LogP) is 3.98. The van der Waals surface area contributed by atoms with Crippen LogP contribution in [0.15, 0.2) is 18.2 Å². The van der Waals surface area contributed by atoms with Crippen molar-refractivity contribution in [3.8, 4) is 0 Å². The second-order valence-corrected chi connectivity index (χ2v) is 6.61. The van der Waals surface area contributed by atoms with Gasteiger partial charge in [0.15, 0.2) is 0 Å². The van der Waals surface area contributed by atoms with Crippen molar-refractivity contribution in [2.24, 2.45) is 0 Å². The zero-order valence-electron chi connectivity index (χ0n) is 12.9. The van der Waals surface area contributed by atoms with Gasteiger partial charge in [-0.1, -0.05) is 11.6 Å². The number of likely N-dealkylation sites (N-methyl/N-ethyl adjacent to an activating group) is 1. The summed E-state index contributed by atoms with van der Waals surface area (Å²) in [4.78, 5) is 2.18. The van der Waals surface area contributed by atoms with Gasteiger partial charge in [0.2, 0.25) is 0 Å². The molecule has 1 saturated heterocycles. The number of alkyl halides is 3. The van der Waals surface area contributed by atoms with E-state index >= 15 is 0 Å². The van der Waals surface area contributed by atoms with Gasteiger partial charge in [-0.3, -0.25) is 0 Å². The van der Waals surface area contributed by atoms with E-state index in [0.29, 0.717) is 17.0 Å². The quantitative estimate of drug-likeness (QED) is 0.896. The highest BCUT2D eigenvalue weighted by Crippen LogP contribution is 2.34. The smallest absolute Gasteiger partial charge is 0.315 e. The van der Waals surface area contributed by atoms with Gasteiger partial charge >= 0.3 is 6.18 Å². The molecular formula is C16H22ClF3N2. The van der Waals surface area contributed by atoms with Crippen LogP contribution >= 0.6 is 11.6 Å². The molecule has 6 heteroatoms. The number of rotatable bonds is 4. The minimum atomic E-state index is -4.33. The molecule has 0 aromatic heterocycles. The summed E-state index contributed by atoms with van der Waals surface area (Å²) >= 11 is 6.09. The lowest BCUT2D eigenvalue weighted by Crippen LogP contribution is -2.55. The summed E-state index contributed by atoms with van der Waals surface area (Å²) in [5, 5.41) is 3.80. The van der Waals surface area contributed by atoms with Gasteiger partial charge in [-0.25, -0.2) is 0 Å². The molecule has 1 aliphatic heterocycles. The van der Waals surface area contributed by atoms with Crippen molar-refractivity contribution >= 4 is 11.6 Å². The van der Waals surface area contributed by atoms with Gasteiger partial charge in [0.1, 0.15) is 0 Å². The third kappa shape index (κ3) is 3.94. The van der Waals surface area contributed by atoms with E-state index in [9.17, 15) is 13.2 Å². The molecule has 2 rings (SSSR count). The SMILES string of the molecule is CN(C)[C@]1(CCc2cc(C(F)(F)F)ccc2Cl)CCCNC1. The van der Waals surface area contributed by atoms with Gasteiger partial charge in [-0.15, -0.1) is 0 Å². The molecule has 0 spiro atoms. The van der Waals surface area contributed by atoms with Crippen molar-refractivity contribution in [2.75, 3.05) is 27.2 Å². The van der Waals surface area contributed by atoms with Crippen molar-refractivity contribution in [1.29, 1.82) is 0 Å².